The number of nitrogens with two attached hydrogens (primary N) is 1. The van der Waals surface area contributed by atoms with Gasteiger partial charge in [0.05, 0.1) is 10.7 Å². The average molecular weight is 409 g/mol. The highest BCUT2D eigenvalue weighted by atomic mass is 127. The quantitative estimate of drug-likeness (QED) is 0.604. The van der Waals surface area contributed by atoms with E-state index in [0.29, 0.717) is 11.4 Å². The van der Waals surface area contributed by atoms with Crippen molar-refractivity contribution in [2.75, 3.05) is 10.5 Å². The third-order valence-corrected chi connectivity index (χ3v) is 5.15. The molecule has 100 valence electrons. The summed E-state index contributed by atoms with van der Waals surface area (Å²) in [5.41, 5.74) is 6.44. The van der Waals surface area contributed by atoms with Gasteiger partial charge in [0.15, 0.2) is 0 Å². The predicted molar refractivity (Wildman–Crippen MR) is 85.8 cm³/mol. The number of benzene rings is 2. The minimum Gasteiger partial charge on any atom is -0.399 e. The number of rotatable bonds is 3. The Kier molecular flexibility index (Phi) is 4.22. The van der Waals surface area contributed by atoms with Gasteiger partial charge in [-0.05, 0) is 52.9 Å². The van der Waals surface area contributed by atoms with E-state index >= 15 is 0 Å². The molecule has 0 aliphatic rings. The zero-order valence-electron chi connectivity index (χ0n) is 9.60. The summed E-state index contributed by atoms with van der Waals surface area (Å²) in [4.78, 5) is -0.0335. The second kappa shape index (κ2) is 5.56. The molecule has 0 atom stereocenters. The summed E-state index contributed by atoms with van der Waals surface area (Å²) in [6.07, 6.45) is 0. The molecule has 0 aliphatic heterocycles. The standard InChI is InChI=1S/C12H10ClIN2O2S/c13-9-6-5-8(15)7-12(9)19(17,18)16-11-4-2-1-3-10(11)14/h1-7,16H,15H2. The van der Waals surface area contributed by atoms with Gasteiger partial charge in [0.2, 0.25) is 0 Å². The molecule has 2 aromatic carbocycles. The van der Waals surface area contributed by atoms with Gasteiger partial charge in [-0.3, -0.25) is 4.72 Å². The molecule has 0 spiro atoms. The Bertz CT molecular complexity index is 719. The summed E-state index contributed by atoms with van der Waals surface area (Å²) in [6.45, 7) is 0. The Morgan fingerprint density at radius 2 is 1.84 bits per heavy atom. The molecule has 19 heavy (non-hydrogen) atoms. The van der Waals surface area contributed by atoms with Gasteiger partial charge in [-0.15, -0.1) is 0 Å². The monoisotopic (exact) mass is 408 g/mol. The van der Waals surface area contributed by atoms with Crippen molar-refractivity contribution >= 4 is 55.6 Å². The number of anilines is 2. The minimum absolute atomic E-state index is 0.0335. The Labute approximate surface area is 130 Å². The van der Waals surface area contributed by atoms with Crippen LogP contribution in [-0.4, -0.2) is 8.42 Å². The van der Waals surface area contributed by atoms with Crippen molar-refractivity contribution in [2.45, 2.75) is 4.90 Å². The van der Waals surface area contributed by atoms with E-state index in [9.17, 15) is 8.42 Å². The van der Waals surface area contributed by atoms with E-state index in [1.807, 2.05) is 6.07 Å². The zero-order chi connectivity index (χ0) is 14.0. The van der Waals surface area contributed by atoms with Gasteiger partial charge in [-0.25, -0.2) is 8.42 Å². The average Bonchev–Trinajstić information content (AvgIpc) is 2.35. The van der Waals surface area contributed by atoms with Crippen molar-refractivity contribution in [2.24, 2.45) is 0 Å². The van der Waals surface area contributed by atoms with Crippen LogP contribution in [0.5, 0.6) is 0 Å². The molecule has 0 saturated heterocycles. The molecule has 0 unspecified atom stereocenters. The van der Waals surface area contributed by atoms with Crippen LogP contribution in [0.4, 0.5) is 11.4 Å². The third kappa shape index (κ3) is 3.31. The van der Waals surface area contributed by atoms with Crippen LogP contribution in [0.3, 0.4) is 0 Å². The van der Waals surface area contributed by atoms with Crippen LogP contribution in [0.15, 0.2) is 47.4 Å². The lowest BCUT2D eigenvalue weighted by Crippen LogP contribution is -2.14. The van der Waals surface area contributed by atoms with Gasteiger partial charge >= 0.3 is 0 Å². The molecule has 0 radical (unpaired) electrons. The van der Waals surface area contributed by atoms with Crippen molar-refractivity contribution in [3.05, 3.63) is 51.1 Å². The largest absolute Gasteiger partial charge is 0.399 e. The van der Waals surface area contributed by atoms with Gasteiger partial charge in [-0.2, -0.15) is 0 Å². The molecule has 2 rings (SSSR count). The molecule has 4 nitrogen and oxygen atoms in total. The van der Waals surface area contributed by atoms with E-state index in [0.717, 1.165) is 3.57 Å². The second-order valence-electron chi connectivity index (χ2n) is 3.78. The van der Waals surface area contributed by atoms with E-state index in [1.165, 1.54) is 12.1 Å². The third-order valence-electron chi connectivity index (χ3n) is 2.36. The number of hydrogen-bond acceptors (Lipinski definition) is 3. The molecule has 0 amide bonds. The molecule has 0 aromatic heterocycles. The van der Waals surface area contributed by atoms with Crippen LogP contribution >= 0.6 is 34.2 Å². The molecular weight excluding hydrogens is 399 g/mol. The van der Waals surface area contributed by atoms with E-state index in [4.69, 9.17) is 17.3 Å². The van der Waals surface area contributed by atoms with E-state index in [-0.39, 0.29) is 9.92 Å². The molecule has 3 N–H and O–H groups in total. The summed E-state index contributed by atoms with van der Waals surface area (Å²) in [5.74, 6) is 0. The number of nitrogens with one attached hydrogen (secondary N) is 1. The summed E-state index contributed by atoms with van der Waals surface area (Å²) in [6, 6.07) is 11.4. The molecule has 7 heteroatoms. The summed E-state index contributed by atoms with van der Waals surface area (Å²) < 4.78 is 27.8. The molecule has 0 saturated carbocycles. The van der Waals surface area contributed by atoms with Crippen LogP contribution in [0, 0.1) is 3.57 Å². The molecule has 0 heterocycles. The Hall–Kier alpha value is -0.990. The molecular formula is C12H10ClIN2O2S. The number of halogens is 2. The van der Waals surface area contributed by atoms with Crippen LogP contribution in [0.1, 0.15) is 0 Å². The van der Waals surface area contributed by atoms with Crippen molar-refractivity contribution in [3.8, 4) is 0 Å². The van der Waals surface area contributed by atoms with E-state index in [2.05, 4.69) is 27.3 Å². The summed E-state index contributed by atoms with van der Waals surface area (Å²) >= 11 is 7.96. The van der Waals surface area contributed by atoms with Gasteiger partial charge in [-0.1, -0.05) is 23.7 Å². The highest BCUT2D eigenvalue weighted by Crippen LogP contribution is 2.27. The topological polar surface area (TPSA) is 72.2 Å². The van der Waals surface area contributed by atoms with E-state index < -0.39 is 10.0 Å². The number of nitrogen functional groups attached to an aromatic ring is 1. The van der Waals surface area contributed by atoms with Gasteiger partial charge in [0.25, 0.3) is 10.0 Å². The van der Waals surface area contributed by atoms with Gasteiger partial charge < -0.3 is 5.73 Å². The lowest BCUT2D eigenvalue weighted by atomic mass is 10.3. The summed E-state index contributed by atoms with van der Waals surface area (Å²) in [7, 11) is -3.76. The Morgan fingerprint density at radius 1 is 1.16 bits per heavy atom. The minimum atomic E-state index is -3.76. The Morgan fingerprint density at radius 3 is 2.53 bits per heavy atom. The first kappa shape index (κ1) is 14.4. The normalized spacial score (nSPS) is 11.3. The van der Waals surface area contributed by atoms with Crippen molar-refractivity contribution in [3.63, 3.8) is 0 Å². The predicted octanol–water partition coefficient (Wildman–Crippen LogP) is 3.33. The van der Waals surface area contributed by atoms with Gasteiger partial charge in [0, 0.05) is 9.26 Å². The number of para-hydroxylation sites is 1. The fraction of sp³-hybridized carbons (Fsp3) is 0. The number of hydrogen-bond donors (Lipinski definition) is 2. The highest BCUT2D eigenvalue weighted by molar-refractivity contribution is 14.1. The van der Waals surface area contributed by atoms with E-state index in [1.54, 1.807) is 24.3 Å². The fourth-order valence-corrected chi connectivity index (χ4v) is 3.79. The van der Waals surface area contributed by atoms with Gasteiger partial charge in [0.1, 0.15) is 4.90 Å². The maximum Gasteiger partial charge on any atom is 0.263 e. The Balaban J connectivity index is 2.44. The first-order chi connectivity index (χ1) is 8.90. The lowest BCUT2D eigenvalue weighted by Gasteiger charge is -2.11. The zero-order valence-corrected chi connectivity index (χ0v) is 13.3. The first-order valence-corrected chi connectivity index (χ1v) is 8.16. The fourth-order valence-electron chi connectivity index (χ4n) is 1.47. The molecule has 0 fully saturated rings. The maximum atomic E-state index is 12.3. The molecule has 0 bridgehead atoms. The maximum absolute atomic E-state index is 12.3. The van der Waals surface area contributed by atoms with Crippen molar-refractivity contribution in [1.82, 2.24) is 0 Å². The first-order valence-electron chi connectivity index (χ1n) is 5.22. The SMILES string of the molecule is Nc1ccc(Cl)c(S(=O)(=O)Nc2ccccc2I)c1. The van der Waals surface area contributed by atoms with Crippen molar-refractivity contribution < 1.29 is 8.42 Å². The highest BCUT2D eigenvalue weighted by Gasteiger charge is 2.19. The van der Waals surface area contributed by atoms with Crippen LogP contribution < -0.4 is 10.5 Å². The summed E-state index contributed by atoms with van der Waals surface area (Å²) in [5, 5.41) is 0.132. The van der Waals surface area contributed by atoms with Crippen molar-refractivity contribution in [1.29, 1.82) is 0 Å². The smallest absolute Gasteiger partial charge is 0.263 e. The lowest BCUT2D eigenvalue weighted by molar-refractivity contribution is 0.601. The van der Waals surface area contributed by atoms with Crippen LogP contribution in [0.25, 0.3) is 0 Å². The second-order valence-corrected chi connectivity index (χ2v) is 7.00. The van der Waals surface area contributed by atoms with Crippen LogP contribution in [-0.2, 0) is 10.0 Å². The number of sulfonamides is 1. The van der Waals surface area contributed by atoms with Crippen LogP contribution in [0.2, 0.25) is 5.02 Å². The molecule has 0 aliphatic carbocycles. The molecule has 2 aromatic rings.